The first kappa shape index (κ1) is 24.7. The van der Waals surface area contributed by atoms with Gasteiger partial charge in [-0.05, 0) is 69.2 Å². The number of hydrogen-bond acceptors (Lipinski definition) is 6. The molecule has 184 valence electrons. The van der Waals surface area contributed by atoms with E-state index in [1.165, 1.54) is 6.20 Å². The van der Waals surface area contributed by atoms with E-state index in [2.05, 4.69) is 17.0 Å². The Morgan fingerprint density at radius 1 is 1.17 bits per heavy atom. The van der Waals surface area contributed by atoms with Gasteiger partial charge in [-0.2, -0.15) is 0 Å². The highest BCUT2D eigenvalue weighted by molar-refractivity contribution is 7.07. The molecule has 0 atom stereocenters. The Balaban J connectivity index is 1.62. The third kappa shape index (κ3) is 5.97. The van der Waals surface area contributed by atoms with Crippen molar-refractivity contribution in [2.24, 2.45) is 11.8 Å². The Hall–Kier alpha value is -3.46. The first-order chi connectivity index (χ1) is 16.8. The zero-order valence-electron chi connectivity index (χ0n) is 20.1. The number of thiazole rings is 1. The van der Waals surface area contributed by atoms with E-state index >= 15 is 0 Å². The molecule has 1 aliphatic rings. The van der Waals surface area contributed by atoms with Crippen LogP contribution in [0.1, 0.15) is 57.7 Å². The van der Waals surface area contributed by atoms with Gasteiger partial charge >= 0.3 is 6.16 Å². The van der Waals surface area contributed by atoms with E-state index in [1.54, 1.807) is 26.4 Å². The summed E-state index contributed by atoms with van der Waals surface area (Å²) < 4.78 is 6.61. The van der Waals surface area contributed by atoms with Crippen molar-refractivity contribution < 1.29 is 19.4 Å². The van der Waals surface area contributed by atoms with E-state index in [0.717, 1.165) is 42.6 Å². The minimum atomic E-state index is -1.45. The lowest BCUT2D eigenvalue weighted by Gasteiger charge is -2.32. The maximum absolute atomic E-state index is 13.5. The normalized spacial score (nSPS) is 18.2. The molecule has 2 aromatic heterocycles. The van der Waals surface area contributed by atoms with Crippen molar-refractivity contribution in [2.75, 3.05) is 4.90 Å². The Bertz CT molecular complexity index is 1180. The van der Waals surface area contributed by atoms with Gasteiger partial charge in [0.25, 0.3) is 0 Å². The minimum Gasteiger partial charge on any atom is -0.449 e. The highest BCUT2D eigenvalue weighted by atomic mass is 32.1. The van der Waals surface area contributed by atoms with Gasteiger partial charge < -0.3 is 9.84 Å². The van der Waals surface area contributed by atoms with Crippen LogP contribution in [0.4, 0.5) is 10.6 Å². The van der Waals surface area contributed by atoms with Crippen LogP contribution in [0.15, 0.2) is 41.4 Å². The quantitative estimate of drug-likeness (QED) is 0.397. The Labute approximate surface area is 208 Å². The second-order valence-corrected chi connectivity index (χ2v) is 9.95. The van der Waals surface area contributed by atoms with Gasteiger partial charge in [0.2, 0.25) is 11.7 Å². The monoisotopic (exact) mass is 494 g/mol. The molecule has 1 amide bonds. The first-order valence-electron chi connectivity index (χ1n) is 11.8. The number of aromatic nitrogens is 3. The van der Waals surface area contributed by atoms with Crippen molar-refractivity contribution in [3.8, 4) is 11.4 Å². The van der Waals surface area contributed by atoms with Crippen LogP contribution in [-0.4, -0.2) is 38.0 Å². The second-order valence-electron chi connectivity index (χ2n) is 9.23. The summed E-state index contributed by atoms with van der Waals surface area (Å²) >= 11 is 1.54. The molecular formula is C26H30N4O4S. The zero-order chi connectivity index (χ0) is 24.9. The van der Waals surface area contributed by atoms with Gasteiger partial charge in [0.05, 0.1) is 23.1 Å². The fraction of sp³-hybridized carbons (Fsp3) is 0.385. The van der Waals surface area contributed by atoms with Crippen molar-refractivity contribution in [3.05, 3.63) is 52.6 Å². The molecule has 0 saturated heterocycles. The maximum Gasteiger partial charge on any atom is 0.511 e. The molecule has 0 unspecified atom stereocenters. The number of amides is 1. The smallest absolute Gasteiger partial charge is 0.449 e. The zero-order valence-corrected chi connectivity index (χ0v) is 20.9. The molecule has 1 fully saturated rings. The van der Waals surface area contributed by atoms with Gasteiger partial charge in [-0.3, -0.25) is 9.69 Å². The fourth-order valence-electron chi connectivity index (χ4n) is 4.35. The van der Waals surface area contributed by atoms with Crippen LogP contribution >= 0.6 is 11.3 Å². The van der Waals surface area contributed by atoms with Crippen LogP contribution in [0.5, 0.6) is 5.75 Å². The predicted octanol–water partition coefficient (Wildman–Crippen LogP) is 6.12. The number of ether oxygens (including phenoxy) is 1. The van der Waals surface area contributed by atoms with Gasteiger partial charge in [-0.1, -0.05) is 25.1 Å². The Kier molecular flexibility index (Phi) is 7.65. The molecule has 3 aromatic rings. The number of carboxylic acid groups (broad SMARTS) is 1. The van der Waals surface area contributed by atoms with Gasteiger partial charge in [0.15, 0.2) is 5.75 Å². The molecule has 0 aliphatic heterocycles. The molecule has 0 radical (unpaired) electrons. The van der Waals surface area contributed by atoms with E-state index in [-0.39, 0.29) is 29.4 Å². The fourth-order valence-corrected chi connectivity index (χ4v) is 4.87. The van der Waals surface area contributed by atoms with Gasteiger partial charge in [0.1, 0.15) is 0 Å². The maximum atomic E-state index is 13.5. The lowest BCUT2D eigenvalue weighted by molar-refractivity contribution is -0.124. The summed E-state index contributed by atoms with van der Waals surface area (Å²) in [6, 6.07) is 7.43. The molecule has 1 aromatic carbocycles. The van der Waals surface area contributed by atoms with E-state index in [1.807, 2.05) is 55.6 Å². The standard InChI is InChI=1S/C26H30N4O4S/c1-17(2)30(25(31)20-9-4-18(3)5-10-20)24-23(34-26(32)33)14-29(28-24)22-12-7-19(8-13-22)6-11-21-15-35-16-27-21/h6-8,11-18,20H,4-5,9-10H2,1-3H3,(H,32,33)/b11-6+/t18-,20-. The van der Waals surface area contributed by atoms with Crippen molar-refractivity contribution >= 4 is 41.4 Å². The van der Waals surface area contributed by atoms with Gasteiger partial charge in [0, 0.05) is 17.3 Å². The molecule has 35 heavy (non-hydrogen) atoms. The predicted molar refractivity (Wildman–Crippen MR) is 137 cm³/mol. The lowest BCUT2D eigenvalue weighted by atomic mass is 9.82. The summed E-state index contributed by atoms with van der Waals surface area (Å²) in [4.78, 5) is 30.7. The SMILES string of the molecule is CC(C)N(c1nn(-c2ccc(/C=C/c3cscn3)cc2)cc1OC(=O)O)C(=O)[C@H]1CC[C@H](C)CC1. The molecule has 4 rings (SSSR count). The minimum absolute atomic E-state index is 0.0325. The number of carbonyl (C=O) groups is 2. The number of rotatable bonds is 7. The van der Waals surface area contributed by atoms with Crippen molar-refractivity contribution in [2.45, 2.75) is 52.5 Å². The summed E-state index contributed by atoms with van der Waals surface area (Å²) in [5.41, 5.74) is 4.40. The Morgan fingerprint density at radius 2 is 1.89 bits per heavy atom. The summed E-state index contributed by atoms with van der Waals surface area (Å²) in [5, 5.41) is 15.9. The highest BCUT2D eigenvalue weighted by Gasteiger charge is 2.34. The first-order valence-corrected chi connectivity index (χ1v) is 12.8. The van der Waals surface area contributed by atoms with Crippen LogP contribution < -0.4 is 9.64 Å². The summed E-state index contributed by atoms with van der Waals surface area (Å²) in [6.07, 6.45) is 7.65. The molecule has 1 N–H and O–H groups in total. The number of anilines is 1. The number of benzene rings is 1. The average molecular weight is 495 g/mol. The van der Waals surface area contributed by atoms with Crippen molar-refractivity contribution in [3.63, 3.8) is 0 Å². The number of hydrogen-bond donors (Lipinski definition) is 1. The molecule has 2 heterocycles. The van der Waals surface area contributed by atoms with Crippen molar-refractivity contribution in [1.29, 1.82) is 0 Å². The van der Waals surface area contributed by atoms with Crippen LogP contribution in [0.3, 0.4) is 0 Å². The van der Waals surface area contributed by atoms with E-state index in [4.69, 9.17) is 4.74 Å². The largest absolute Gasteiger partial charge is 0.511 e. The van der Waals surface area contributed by atoms with Crippen LogP contribution in [0, 0.1) is 11.8 Å². The van der Waals surface area contributed by atoms with Crippen LogP contribution in [-0.2, 0) is 4.79 Å². The number of nitrogens with zero attached hydrogens (tertiary/aromatic N) is 4. The summed E-state index contributed by atoms with van der Waals surface area (Å²) in [6.45, 7) is 6.01. The lowest BCUT2D eigenvalue weighted by Crippen LogP contribution is -2.42. The average Bonchev–Trinajstić information content (AvgIpc) is 3.49. The van der Waals surface area contributed by atoms with E-state index in [9.17, 15) is 14.7 Å². The molecule has 0 bridgehead atoms. The topological polar surface area (TPSA) is 97.6 Å². The van der Waals surface area contributed by atoms with Crippen molar-refractivity contribution in [1.82, 2.24) is 14.8 Å². The third-order valence-electron chi connectivity index (χ3n) is 6.26. The molecule has 0 spiro atoms. The van der Waals surface area contributed by atoms with Crippen LogP contribution in [0.25, 0.3) is 17.8 Å². The third-order valence-corrected chi connectivity index (χ3v) is 6.87. The molecule has 1 aliphatic carbocycles. The van der Waals surface area contributed by atoms with Gasteiger partial charge in [-0.15, -0.1) is 16.4 Å². The summed E-state index contributed by atoms with van der Waals surface area (Å²) in [7, 11) is 0. The molecule has 8 nitrogen and oxygen atoms in total. The second kappa shape index (κ2) is 10.9. The van der Waals surface area contributed by atoms with Crippen LogP contribution in [0.2, 0.25) is 0 Å². The molecular weight excluding hydrogens is 464 g/mol. The Morgan fingerprint density at radius 3 is 2.49 bits per heavy atom. The van der Waals surface area contributed by atoms with E-state index in [0.29, 0.717) is 5.92 Å². The summed E-state index contributed by atoms with van der Waals surface area (Å²) in [5.74, 6) is 0.751. The van der Waals surface area contributed by atoms with Gasteiger partial charge in [-0.25, -0.2) is 14.5 Å². The van der Waals surface area contributed by atoms with E-state index < -0.39 is 6.16 Å². The molecule has 9 heteroatoms. The molecule has 1 saturated carbocycles. The number of carbonyl (C=O) groups excluding carboxylic acids is 1. The highest BCUT2D eigenvalue weighted by Crippen LogP contribution is 2.35.